The van der Waals surface area contributed by atoms with E-state index in [9.17, 15) is 0 Å². The molecular formula is C12H19N3S. The Hall–Kier alpha value is -1.00. The van der Waals surface area contributed by atoms with Crippen LogP contribution in [0.4, 0.5) is 0 Å². The smallest absolute Gasteiger partial charge is 0.122 e. The highest BCUT2D eigenvalue weighted by molar-refractivity contribution is 7.80. The molecule has 1 rings (SSSR count). The fourth-order valence-corrected chi connectivity index (χ4v) is 1.71. The molecule has 88 valence electrons. The zero-order chi connectivity index (χ0) is 12.1. The second-order valence-corrected chi connectivity index (χ2v) is 4.51. The summed E-state index contributed by atoms with van der Waals surface area (Å²) in [5.41, 5.74) is 7.46. The first kappa shape index (κ1) is 13.1. The molecule has 0 fully saturated rings. The largest absolute Gasteiger partial charge is 0.388 e. The summed E-state index contributed by atoms with van der Waals surface area (Å²) in [7, 11) is 0. The van der Waals surface area contributed by atoms with Crippen LogP contribution < -0.4 is 5.73 Å². The lowest BCUT2D eigenvalue weighted by Crippen LogP contribution is -2.30. The van der Waals surface area contributed by atoms with Crippen LogP contribution in [0.5, 0.6) is 0 Å². The van der Waals surface area contributed by atoms with Crippen LogP contribution in [0.15, 0.2) is 18.3 Å². The third kappa shape index (κ3) is 3.54. The van der Waals surface area contributed by atoms with Crippen LogP contribution in [0.1, 0.15) is 32.0 Å². The molecule has 1 aromatic rings. The fourth-order valence-electron chi connectivity index (χ4n) is 1.60. The van der Waals surface area contributed by atoms with Gasteiger partial charge in [0.1, 0.15) is 4.99 Å². The highest BCUT2D eigenvalue weighted by Crippen LogP contribution is 2.08. The van der Waals surface area contributed by atoms with Gasteiger partial charge in [-0.1, -0.05) is 19.1 Å². The molecule has 0 aliphatic heterocycles. The highest BCUT2D eigenvalue weighted by Gasteiger charge is 2.08. The van der Waals surface area contributed by atoms with Gasteiger partial charge in [0, 0.05) is 18.8 Å². The molecule has 0 bridgehead atoms. The Labute approximate surface area is 103 Å². The second kappa shape index (κ2) is 5.92. The SMILES string of the molecule is CCN(Cc1ccnc(C(N)=S)c1)C(C)C. The Morgan fingerprint density at radius 1 is 1.56 bits per heavy atom. The lowest BCUT2D eigenvalue weighted by Gasteiger charge is -2.24. The van der Waals surface area contributed by atoms with Gasteiger partial charge in [-0.25, -0.2) is 0 Å². The van der Waals surface area contributed by atoms with Crippen LogP contribution in [0.25, 0.3) is 0 Å². The van der Waals surface area contributed by atoms with E-state index in [0.29, 0.717) is 16.7 Å². The summed E-state index contributed by atoms with van der Waals surface area (Å²) < 4.78 is 0. The van der Waals surface area contributed by atoms with E-state index in [0.717, 1.165) is 13.1 Å². The lowest BCUT2D eigenvalue weighted by atomic mass is 10.2. The number of hydrogen-bond donors (Lipinski definition) is 1. The predicted octanol–water partition coefficient (Wildman–Crippen LogP) is 1.95. The van der Waals surface area contributed by atoms with Gasteiger partial charge in [0.15, 0.2) is 0 Å². The van der Waals surface area contributed by atoms with Crippen molar-refractivity contribution in [1.82, 2.24) is 9.88 Å². The molecule has 3 nitrogen and oxygen atoms in total. The van der Waals surface area contributed by atoms with Gasteiger partial charge in [0.25, 0.3) is 0 Å². The molecule has 0 aliphatic rings. The second-order valence-electron chi connectivity index (χ2n) is 4.07. The van der Waals surface area contributed by atoms with Crippen molar-refractivity contribution in [3.05, 3.63) is 29.6 Å². The molecule has 1 aromatic heterocycles. The number of nitrogens with zero attached hydrogens (tertiary/aromatic N) is 2. The van der Waals surface area contributed by atoms with Crippen LogP contribution in [0.2, 0.25) is 0 Å². The van der Waals surface area contributed by atoms with Crippen molar-refractivity contribution in [3.8, 4) is 0 Å². The molecule has 0 aromatic carbocycles. The van der Waals surface area contributed by atoms with E-state index < -0.39 is 0 Å². The summed E-state index contributed by atoms with van der Waals surface area (Å²) in [6, 6.07) is 4.51. The van der Waals surface area contributed by atoms with Crippen LogP contribution in [-0.2, 0) is 6.54 Å². The molecule has 0 aliphatic carbocycles. The first-order chi connectivity index (χ1) is 7.54. The van der Waals surface area contributed by atoms with E-state index in [1.54, 1.807) is 6.20 Å². The molecule has 0 radical (unpaired) electrons. The fraction of sp³-hybridized carbons (Fsp3) is 0.500. The van der Waals surface area contributed by atoms with E-state index >= 15 is 0 Å². The van der Waals surface area contributed by atoms with E-state index in [4.69, 9.17) is 18.0 Å². The highest BCUT2D eigenvalue weighted by atomic mass is 32.1. The van der Waals surface area contributed by atoms with Crippen molar-refractivity contribution < 1.29 is 0 Å². The van der Waals surface area contributed by atoms with Crippen molar-refractivity contribution in [1.29, 1.82) is 0 Å². The summed E-state index contributed by atoms with van der Waals surface area (Å²) in [5, 5.41) is 0. The maximum atomic E-state index is 5.56. The Morgan fingerprint density at radius 3 is 2.75 bits per heavy atom. The maximum Gasteiger partial charge on any atom is 0.122 e. The van der Waals surface area contributed by atoms with Crippen molar-refractivity contribution in [2.75, 3.05) is 6.54 Å². The minimum atomic E-state index is 0.356. The van der Waals surface area contributed by atoms with E-state index in [-0.39, 0.29) is 0 Å². The summed E-state index contributed by atoms with van der Waals surface area (Å²) in [6.45, 7) is 8.49. The molecule has 0 spiro atoms. The third-order valence-electron chi connectivity index (χ3n) is 2.60. The summed E-state index contributed by atoms with van der Waals surface area (Å²) in [4.78, 5) is 6.86. The zero-order valence-electron chi connectivity index (χ0n) is 10.1. The average Bonchev–Trinajstić information content (AvgIpc) is 2.25. The number of pyridine rings is 1. The van der Waals surface area contributed by atoms with Gasteiger partial charge in [-0.3, -0.25) is 9.88 Å². The van der Waals surface area contributed by atoms with Crippen LogP contribution >= 0.6 is 12.2 Å². The molecule has 1 heterocycles. The van der Waals surface area contributed by atoms with Crippen molar-refractivity contribution in [2.24, 2.45) is 5.73 Å². The standard InChI is InChI=1S/C12H19N3S/c1-4-15(9(2)3)8-10-5-6-14-11(7-10)12(13)16/h5-7,9H,4,8H2,1-3H3,(H2,13,16). The molecule has 0 atom stereocenters. The quantitative estimate of drug-likeness (QED) is 0.795. The monoisotopic (exact) mass is 237 g/mol. The number of nitrogens with two attached hydrogens (primary N) is 1. The number of aromatic nitrogens is 1. The van der Waals surface area contributed by atoms with Gasteiger partial charge in [-0.15, -0.1) is 0 Å². The summed E-state index contributed by atoms with van der Waals surface area (Å²) in [6.07, 6.45) is 1.76. The van der Waals surface area contributed by atoms with E-state index in [1.807, 2.05) is 12.1 Å². The molecule has 0 saturated carbocycles. The molecule has 2 N–H and O–H groups in total. The molecule has 16 heavy (non-hydrogen) atoms. The average molecular weight is 237 g/mol. The maximum absolute atomic E-state index is 5.56. The molecule has 0 amide bonds. The van der Waals surface area contributed by atoms with Crippen molar-refractivity contribution in [3.63, 3.8) is 0 Å². The van der Waals surface area contributed by atoms with Crippen LogP contribution in [-0.4, -0.2) is 27.5 Å². The molecular weight excluding hydrogens is 218 g/mol. The van der Waals surface area contributed by atoms with Gasteiger partial charge in [-0.05, 0) is 38.1 Å². The van der Waals surface area contributed by atoms with Crippen molar-refractivity contribution in [2.45, 2.75) is 33.4 Å². The first-order valence-electron chi connectivity index (χ1n) is 5.53. The van der Waals surface area contributed by atoms with Gasteiger partial charge in [-0.2, -0.15) is 0 Å². The normalized spacial score (nSPS) is 11.1. The van der Waals surface area contributed by atoms with E-state index in [2.05, 4.69) is 30.7 Å². The van der Waals surface area contributed by atoms with Gasteiger partial charge < -0.3 is 5.73 Å². The lowest BCUT2D eigenvalue weighted by molar-refractivity contribution is 0.225. The Kier molecular flexibility index (Phi) is 4.83. The first-order valence-corrected chi connectivity index (χ1v) is 5.94. The number of thiocarbonyl (C=S) groups is 1. The van der Waals surface area contributed by atoms with Crippen LogP contribution in [0.3, 0.4) is 0 Å². The molecule has 0 saturated heterocycles. The molecule has 4 heteroatoms. The minimum Gasteiger partial charge on any atom is -0.388 e. The van der Waals surface area contributed by atoms with Crippen molar-refractivity contribution >= 4 is 17.2 Å². The Morgan fingerprint density at radius 2 is 2.25 bits per heavy atom. The van der Waals surface area contributed by atoms with E-state index in [1.165, 1.54) is 5.56 Å². The number of hydrogen-bond acceptors (Lipinski definition) is 3. The number of rotatable bonds is 5. The summed E-state index contributed by atoms with van der Waals surface area (Å²) >= 11 is 4.92. The van der Waals surface area contributed by atoms with Gasteiger partial charge in [0.2, 0.25) is 0 Å². The summed E-state index contributed by atoms with van der Waals surface area (Å²) in [5.74, 6) is 0. The Balaban J connectivity index is 2.80. The minimum absolute atomic E-state index is 0.356. The molecule has 0 unspecified atom stereocenters. The third-order valence-corrected chi connectivity index (χ3v) is 2.81. The van der Waals surface area contributed by atoms with Gasteiger partial charge in [0.05, 0.1) is 5.69 Å². The predicted molar refractivity (Wildman–Crippen MR) is 71.3 cm³/mol. The van der Waals surface area contributed by atoms with Crippen LogP contribution in [0, 0.1) is 0 Å². The Bertz CT molecular complexity index is 363. The topological polar surface area (TPSA) is 42.2 Å². The zero-order valence-corrected chi connectivity index (χ0v) is 10.9. The van der Waals surface area contributed by atoms with Gasteiger partial charge >= 0.3 is 0 Å².